The van der Waals surface area contributed by atoms with Crippen LogP contribution < -0.4 is 11.2 Å². The molecule has 1 fully saturated rings. The first-order chi connectivity index (χ1) is 15.9. The Morgan fingerprint density at radius 2 is 2.03 bits per heavy atom. The molecule has 172 valence electrons. The maximum Gasteiger partial charge on any atom is 0.309 e. The molecule has 2 aromatic rings. The van der Waals surface area contributed by atoms with Crippen molar-refractivity contribution < 1.29 is 19.2 Å². The lowest BCUT2D eigenvalue weighted by molar-refractivity contribution is -0.165. The molecule has 1 unspecified atom stereocenters. The van der Waals surface area contributed by atoms with Gasteiger partial charge < -0.3 is 15.4 Å². The molecule has 0 spiro atoms. The van der Waals surface area contributed by atoms with Gasteiger partial charge in [-0.3, -0.25) is 25.3 Å². The first kappa shape index (κ1) is 22.4. The van der Waals surface area contributed by atoms with Crippen molar-refractivity contribution in [1.82, 2.24) is 20.3 Å². The lowest BCUT2D eigenvalue weighted by atomic mass is 9.89. The Kier molecular flexibility index (Phi) is 6.36. The van der Waals surface area contributed by atoms with Gasteiger partial charge in [-0.1, -0.05) is 18.2 Å². The van der Waals surface area contributed by atoms with Crippen molar-refractivity contribution in [2.45, 2.75) is 30.8 Å². The zero-order valence-corrected chi connectivity index (χ0v) is 18.3. The number of methoxy groups -OCH3 is 1. The van der Waals surface area contributed by atoms with Crippen molar-refractivity contribution >= 4 is 23.4 Å². The van der Waals surface area contributed by atoms with E-state index in [1.165, 1.54) is 13.4 Å². The van der Waals surface area contributed by atoms with Crippen LogP contribution >= 0.6 is 0 Å². The van der Waals surface area contributed by atoms with Gasteiger partial charge in [-0.05, 0) is 36.5 Å². The summed E-state index contributed by atoms with van der Waals surface area (Å²) in [6.07, 6.45) is 7.99. The zero-order valence-electron chi connectivity index (χ0n) is 18.3. The van der Waals surface area contributed by atoms with E-state index in [1.54, 1.807) is 35.2 Å². The Morgan fingerprint density at radius 1 is 1.30 bits per heavy atom. The smallest absolute Gasteiger partial charge is 0.309 e. The lowest BCUT2D eigenvalue weighted by Crippen LogP contribution is -2.52. The number of esters is 1. The third-order valence-electron chi connectivity index (χ3n) is 6.04. The highest BCUT2D eigenvalue weighted by Crippen LogP contribution is 2.34. The Bertz CT molecular complexity index is 1080. The number of nitrogens with two attached hydrogens (primary N) is 1. The van der Waals surface area contributed by atoms with Gasteiger partial charge in [0.2, 0.25) is 5.60 Å². The van der Waals surface area contributed by atoms with Crippen LogP contribution in [0, 0.1) is 5.41 Å². The van der Waals surface area contributed by atoms with Gasteiger partial charge in [0.25, 0.3) is 5.91 Å². The number of nitrogen functional groups attached to an aromatic ring is 1. The number of hydrogen-bond acceptors (Lipinski definition) is 8. The molecule has 1 atom stereocenters. The number of hydrogen-bond donors (Lipinski definition) is 3. The molecule has 3 heterocycles. The van der Waals surface area contributed by atoms with Gasteiger partial charge in [-0.2, -0.15) is 0 Å². The van der Waals surface area contributed by atoms with Crippen molar-refractivity contribution in [2.24, 2.45) is 5.73 Å². The number of aromatic nitrogens is 2. The van der Waals surface area contributed by atoms with Crippen molar-refractivity contribution in [1.29, 1.82) is 5.41 Å². The number of ether oxygens (including phenoxy) is 1. The van der Waals surface area contributed by atoms with Gasteiger partial charge in [0.15, 0.2) is 0 Å². The normalized spacial score (nSPS) is 20.6. The summed E-state index contributed by atoms with van der Waals surface area (Å²) in [5, 5.41) is 7.66. The van der Waals surface area contributed by atoms with E-state index in [4.69, 9.17) is 20.7 Å². The van der Waals surface area contributed by atoms with Gasteiger partial charge in [0, 0.05) is 36.6 Å². The fourth-order valence-corrected chi connectivity index (χ4v) is 4.19. The Hall–Kier alpha value is -3.79. The van der Waals surface area contributed by atoms with Crippen LogP contribution in [0.4, 0.5) is 0 Å². The molecule has 1 amide bonds. The van der Waals surface area contributed by atoms with E-state index in [0.717, 1.165) is 18.4 Å². The molecule has 0 bridgehead atoms. The maximum absolute atomic E-state index is 13.6. The van der Waals surface area contributed by atoms with Crippen LogP contribution in [-0.4, -0.2) is 58.4 Å². The average Bonchev–Trinajstić information content (AvgIpc) is 3.29. The van der Waals surface area contributed by atoms with E-state index in [-0.39, 0.29) is 24.1 Å². The lowest BCUT2D eigenvalue weighted by Gasteiger charge is -2.36. The Labute approximate surface area is 191 Å². The van der Waals surface area contributed by atoms with Crippen LogP contribution in [0.3, 0.4) is 0 Å². The van der Waals surface area contributed by atoms with E-state index in [2.05, 4.69) is 15.4 Å². The third-order valence-corrected chi connectivity index (χ3v) is 6.04. The van der Waals surface area contributed by atoms with Gasteiger partial charge in [0.1, 0.15) is 12.2 Å². The topological polar surface area (TPSA) is 144 Å². The number of carbonyl (C=O) groups is 2. The second-order valence-corrected chi connectivity index (χ2v) is 8.14. The van der Waals surface area contributed by atoms with Crippen LogP contribution in [-0.2, 0) is 19.2 Å². The van der Waals surface area contributed by atoms with Crippen LogP contribution in [0.2, 0.25) is 0 Å². The summed E-state index contributed by atoms with van der Waals surface area (Å²) in [6, 6.07) is 7.00. The van der Waals surface area contributed by atoms with E-state index < -0.39 is 11.6 Å². The molecule has 1 aromatic carbocycles. The summed E-state index contributed by atoms with van der Waals surface area (Å²) in [4.78, 5) is 41.4. The first-order valence-corrected chi connectivity index (χ1v) is 10.6. The quantitative estimate of drug-likeness (QED) is 0.340. The molecule has 0 saturated carbocycles. The maximum atomic E-state index is 13.6. The van der Waals surface area contributed by atoms with Crippen LogP contribution in [0.5, 0.6) is 0 Å². The number of nitrogens with zero attached hydrogens (tertiary/aromatic N) is 3. The SMILES string of the molecule is COC(=O)CC1(C(=O)N2CCC(c3cncnc3)CC2)C=C(c2cccc(C(=N)N)c2)NO1. The molecule has 4 rings (SSSR count). The Morgan fingerprint density at radius 3 is 2.70 bits per heavy atom. The van der Waals surface area contributed by atoms with Crippen molar-refractivity contribution in [2.75, 3.05) is 20.2 Å². The number of likely N-dealkylation sites (tertiary alicyclic amines) is 1. The standard InChI is InChI=1S/C23H26N6O4/c1-32-20(30)11-23(10-19(28-33-23)16-3-2-4-17(9-16)21(24)25)22(31)29-7-5-15(6-8-29)18-12-26-14-27-13-18/h2-4,9-10,12-15,28H,5-8,11H2,1H3,(H3,24,25). The summed E-state index contributed by atoms with van der Waals surface area (Å²) in [5.41, 5.74) is 9.66. The van der Waals surface area contributed by atoms with Crippen molar-refractivity contribution in [3.8, 4) is 0 Å². The first-order valence-electron chi connectivity index (χ1n) is 10.6. The summed E-state index contributed by atoms with van der Waals surface area (Å²) in [5.74, 6) is -0.660. The number of amides is 1. The highest BCUT2D eigenvalue weighted by Gasteiger charge is 2.48. The number of hydroxylamine groups is 1. The van der Waals surface area contributed by atoms with Gasteiger partial charge >= 0.3 is 5.97 Å². The van der Waals surface area contributed by atoms with E-state index in [1.807, 2.05) is 12.4 Å². The minimum atomic E-state index is -1.53. The van der Waals surface area contributed by atoms with Crippen LogP contribution in [0.15, 0.2) is 49.1 Å². The molecule has 1 saturated heterocycles. The van der Waals surface area contributed by atoms with Crippen molar-refractivity contribution in [3.05, 3.63) is 65.8 Å². The molecule has 0 radical (unpaired) electrons. The van der Waals surface area contributed by atoms with Crippen LogP contribution in [0.25, 0.3) is 5.70 Å². The molecular formula is C23H26N6O4. The van der Waals surface area contributed by atoms with Crippen molar-refractivity contribution in [3.63, 3.8) is 0 Å². The second kappa shape index (κ2) is 9.37. The predicted octanol–water partition coefficient (Wildman–Crippen LogP) is 1.34. The largest absolute Gasteiger partial charge is 0.469 e. The molecule has 33 heavy (non-hydrogen) atoms. The summed E-state index contributed by atoms with van der Waals surface area (Å²) >= 11 is 0. The number of carbonyl (C=O) groups excluding carboxylic acids is 2. The minimum Gasteiger partial charge on any atom is -0.469 e. The van der Waals surface area contributed by atoms with Gasteiger partial charge in [0.05, 0.1) is 19.2 Å². The highest BCUT2D eigenvalue weighted by molar-refractivity contribution is 5.97. The fraction of sp³-hybridized carbons (Fsp3) is 0.348. The molecule has 4 N–H and O–H groups in total. The van der Waals surface area contributed by atoms with Gasteiger partial charge in [-0.25, -0.2) is 9.97 Å². The van der Waals surface area contributed by atoms with E-state index in [0.29, 0.717) is 29.9 Å². The monoisotopic (exact) mass is 450 g/mol. The number of benzene rings is 1. The second-order valence-electron chi connectivity index (χ2n) is 8.14. The summed E-state index contributed by atoms with van der Waals surface area (Å²) < 4.78 is 4.84. The minimum absolute atomic E-state index is 0.0695. The van der Waals surface area contributed by atoms with E-state index in [9.17, 15) is 9.59 Å². The summed E-state index contributed by atoms with van der Waals surface area (Å²) in [7, 11) is 1.28. The molecular weight excluding hydrogens is 424 g/mol. The van der Waals surface area contributed by atoms with E-state index >= 15 is 0 Å². The molecule has 1 aromatic heterocycles. The Balaban J connectivity index is 1.56. The van der Waals surface area contributed by atoms with Gasteiger partial charge in [-0.15, -0.1) is 0 Å². The third kappa shape index (κ3) is 4.70. The number of nitrogens with one attached hydrogen (secondary N) is 2. The molecule has 0 aliphatic carbocycles. The molecule has 2 aliphatic rings. The number of amidine groups is 1. The van der Waals surface area contributed by atoms with Crippen LogP contribution in [0.1, 0.15) is 41.9 Å². The summed E-state index contributed by atoms with van der Waals surface area (Å²) in [6.45, 7) is 1.04. The fourth-order valence-electron chi connectivity index (χ4n) is 4.19. The predicted molar refractivity (Wildman–Crippen MR) is 120 cm³/mol. The molecule has 10 heteroatoms. The number of rotatable bonds is 6. The zero-order chi connectivity index (χ0) is 23.4. The average molecular weight is 450 g/mol. The molecule has 10 nitrogen and oxygen atoms in total. The molecule has 2 aliphatic heterocycles. The highest BCUT2D eigenvalue weighted by atomic mass is 16.7. The number of piperidine rings is 1.